The first-order valence-corrected chi connectivity index (χ1v) is 17.4. The molecule has 6 rings (SSSR count). The van der Waals surface area contributed by atoms with E-state index in [2.05, 4.69) is 5.32 Å². The lowest BCUT2D eigenvalue weighted by molar-refractivity contribution is -0.138. The van der Waals surface area contributed by atoms with E-state index in [1.165, 1.54) is 0 Å². The summed E-state index contributed by atoms with van der Waals surface area (Å²) in [6.07, 6.45) is 3.58. The number of benzene rings is 3. The molecule has 3 aromatic rings. The summed E-state index contributed by atoms with van der Waals surface area (Å²) >= 11 is 6.52. The Kier molecular flexibility index (Phi) is 11.1. The maximum atomic E-state index is 14.7. The molecule has 1 aliphatic carbocycles. The number of carbonyl (C=O) groups excluding carboxylic acids is 2. The number of carboxylic acids is 1. The Morgan fingerprint density at radius 1 is 0.940 bits per heavy atom. The number of rotatable bonds is 14. The fourth-order valence-electron chi connectivity index (χ4n) is 6.80. The van der Waals surface area contributed by atoms with E-state index in [1.54, 1.807) is 4.90 Å². The summed E-state index contributed by atoms with van der Waals surface area (Å²) in [6, 6.07) is 16.4. The topological polar surface area (TPSA) is 99.2 Å². The molecule has 3 aliphatic rings. The summed E-state index contributed by atoms with van der Waals surface area (Å²) < 4.78 is 46.6. The first-order chi connectivity index (χ1) is 24.1. The van der Waals surface area contributed by atoms with Gasteiger partial charge in [0.15, 0.2) is 17.4 Å². The van der Waals surface area contributed by atoms with Crippen LogP contribution in [0.25, 0.3) is 5.57 Å². The molecule has 12 heteroatoms. The molecule has 2 N–H and O–H groups in total. The molecule has 2 aliphatic heterocycles. The van der Waals surface area contributed by atoms with Gasteiger partial charge in [-0.25, -0.2) is 8.78 Å². The summed E-state index contributed by atoms with van der Waals surface area (Å²) in [7, 11) is 0. The van der Waals surface area contributed by atoms with Crippen molar-refractivity contribution < 1.29 is 37.4 Å². The van der Waals surface area contributed by atoms with Gasteiger partial charge in [0, 0.05) is 55.2 Å². The highest BCUT2D eigenvalue weighted by atomic mass is 35.5. The van der Waals surface area contributed by atoms with Crippen molar-refractivity contribution in [3.8, 4) is 5.75 Å². The van der Waals surface area contributed by atoms with Crippen molar-refractivity contribution >= 4 is 35.0 Å². The second-order valence-corrected chi connectivity index (χ2v) is 13.5. The molecule has 2 bridgehead atoms. The summed E-state index contributed by atoms with van der Waals surface area (Å²) in [5, 5.41) is 13.2. The van der Waals surface area contributed by atoms with Gasteiger partial charge in [-0.2, -0.15) is 4.39 Å². The van der Waals surface area contributed by atoms with Gasteiger partial charge in [0.25, 0.3) is 5.91 Å². The predicted molar refractivity (Wildman–Crippen MR) is 182 cm³/mol. The van der Waals surface area contributed by atoms with Gasteiger partial charge in [0.05, 0.1) is 12.6 Å². The van der Waals surface area contributed by atoms with Crippen LogP contribution in [0.1, 0.15) is 61.6 Å². The zero-order valence-corrected chi connectivity index (χ0v) is 28.2. The molecule has 264 valence electrons. The SMILES string of the molecule is O=C(O)CCCC(=O)N1C[C@H]2CC(c3ccc(CCCOc4c(F)ccc(F)c4F)cc3)=C(C(=O)N(Cc3ccccc3Cl)C3CC3)[C@@H](C1)N2. The number of aryl methyl sites for hydroxylation is 1. The van der Waals surface area contributed by atoms with Crippen molar-refractivity contribution in [1.29, 1.82) is 0 Å². The van der Waals surface area contributed by atoms with Gasteiger partial charge in [-0.05, 0) is 79.0 Å². The highest BCUT2D eigenvalue weighted by molar-refractivity contribution is 6.31. The third-order valence-electron chi connectivity index (χ3n) is 9.48. The van der Waals surface area contributed by atoms with Crippen molar-refractivity contribution in [2.45, 2.75) is 76.0 Å². The number of amides is 2. The third-order valence-corrected chi connectivity index (χ3v) is 9.85. The molecule has 1 saturated carbocycles. The number of fused-ring (bicyclic) bond motifs is 2. The molecule has 8 nitrogen and oxygen atoms in total. The summed E-state index contributed by atoms with van der Waals surface area (Å²) in [5.74, 6) is -5.38. The minimum atomic E-state index is -1.35. The highest BCUT2D eigenvalue weighted by Gasteiger charge is 2.43. The zero-order valence-electron chi connectivity index (χ0n) is 27.5. The van der Waals surface area contributed by atoms with E-state index in [0.717, 1.165) is 41.2 Å². The van der Waals surface area contributed by atoms with Crippen LogP contribution >= 0.6 is 11.6 Å². The lowest BCUT2D eigenvalue weighted by Crippen LogP contribution is -2.62. The molecule has 2 fully saturated rings. The van der Waals surface area contributed by atoms with E-state index < -0.39 is 35.2 Å². The molecule has 2 amide bonds. The second-order valence-electron chi connectivity index (χ2n) is 13.1. The van der Waals surface area contributed by atoms with Crippen LogP contribution in [-0.2, 0) is 27.3 Å². The number of nitrogens with zero attached hydrogens (tertiary/aromatic N) is 2. The molecular formula is C38H39ClF3N3O5. The smallest absolute Gasteiger partial charge is 0.303 e. The largest absolute Gasteiger partial charge is 0.488 e. The highest BCUT2D eigenvalue weighted by Crippen LogP contribution is 2.38. The van der Waals surface area contributed by atoms with Gasteiger partial charge >= 0.3 is 5.97 Å². The van der Waals surface area contributed by atoms with Crippen LogP contribution in [0.15, 0.2) is 66.2 Å². The Morgan fingerprint density at radius 3 is 2.40 bits per heavy atom. The number of halogens is 4. The molecule has 0 spiro atoms. The Morgan fingerprint density at radius 2 is 1.68 bits per heavy atom. The quantitative estimate of drug-likeness (QED) is 0.146. The molecule has 2 atom stereocenters. The average Bonchev–Trinajstić information content (AvgIpc) is 3.94. The second kappa shape index (κ2) is 15.7. The van der Waals surface area contributed by atoms with Crippen LogP contribution in [0.5, 0.6) is 5.75 Å². The molecule has 50 heavy (non-hydrogen) atoms. The van der Waals surface area contributed by atoms with Crippen molar-refractivity contribution in [3.05, 3.63) is 105 Å². The van der Waals surface area contributed by atoms with Crippen LogP contribution < -0.4 is 10.1 Å². The Balaban J connectivity index is 1.22. The average molecular weight is 710 g/mol. The van der Waals surface area contributed by atoms with Gasteiger partial charge in [0.2, 0.25) is 11.7 Å². The first kappa shape index (κ1) is 35.5. The first-order valence-electron chi connectivity index (χ1n) is 17.0. The number of ether oxygens (including phenoxy) is 1. The van der Waals surface area contributed by atoms with Crippen LogP contribution in [0.3, 0.4) is 0 Å². The minimum Gasteiger partial charge on any atom is -0.488 e. The fourth-order valence-corrected chi connectivity index (χ4v) is 7.00. The molecule has 3 aromatic carbocycles. The maximum Gasteiger partial charge on any atom is 0.303 e. The summed E-state index contributed by atoms with van der Waals surface area (Å²) in [4.78, 5) is 42.5. The van der Waals surface area contributed by atoms with Crippen LogP contribution in [0.2, 0.25) is 5.02 Å². The normalized spacial score (nSPS) is 18.6. The van der Waals surface area contributed by atoms with E-state index in [9.17, 15) is 27.6 Å². The van der Waals surface area contributed by atoms with Crippen LogP contribution in [0.4, 0.5) is 13.2 Å². The van der Waals surface area contributed by atoms with E-state index in [1.807, 2.05) is 53.4 Å². The van der Waals surface area contributed by atoms with Gasteiger partial charge in [-0.15, -0.1) is 0 Å². The monoisotopic (exact) mass is 709 g/mol. The zero-order chi connectivity index (χ0) is 35.4. The Hall–Kier alpha value is -4.35. The molecule has 2 heterocycles. The third kappa shape index (κ3) is 8.33. The van der Waals surface area contributed by atoms with Gasteiger partial charge in [-0.1, -0.05) is 54.1 Å². The standard InChI is InChI=1S/C38H39ClF3N3O5/c39-29-7-2-1-6-25(29)20-45(27-14-15-27)38(49)35-28(19-26-21-44(22-32(35)43-26)33(46)8-3-9-34(47)48)24-12-10-23(11-13-24)5-4-18-50-37-31(41)17-16-30(40)36(37)42/h1-2,6-7,10-13,16-17,26-27,32,43H,3-5,8-9,14-15,18-22H2,(H,47,48)/t26-,32-/m1/s1. The van der Waals surface area contributed by atoms with Gasteiger partial charge in [0.1, 0.15) is 0 Å². The molecule has 0 unspecified atom stereocenters. The summed E-state index contributed by atoms with van der Waals surface area (Å²) in [5.41, 5.74) is 4.23. The molecule has 1 saturated heterocycles. The van der Waals surface area contributed by atoms with Crippen LogP contribution in [-0.4, -0.2) is 70.5 Å². The fraction of sp³-hybridized carbons (Fsp3) is 0.395. The number of piperazine rings is 1. The molecular weight excluding hydrogens is 671 g/mol. The van der Waals surface area contributed by atoms with Gasteiger partial charge < -0.3 is 25.0 Å². The predicted octanol–water partition coefficient (Wildman–Crippen LogP) is 6.54. The molecule has 0 aromatic heterocycles. The number of carboxylic acid groups (broad SMARTS) is 1. The maximum absolute atomic E-state index is 14.7. The lowest BCUT2D eigenvalue weighted by Gasteiger charge is -2.45. The van der Waals surface area contributed by atoms with Crippen molar-refractivity contribution in [2.75, 3.05) is 19.7 Å². The number of aliphatic carboxylic acids is 1. The number of hydrogen-bond acceptors (Lipinski definition) is 5. The van der Waals surface area contributed by atoms with E-state index in [0.29, 0.717) is 55.6 Å². The number of hydrogen-bond donors (Lipinski definition) is 2. The minimum absolute atomic E-state index is 0.00810. The van der Waals surface area contributed by atoms with E-state index in [4.69, 9.17) is 21.4 Å². The Bertz CT molecular complexity index is 1780. The lowest BCUT2D eigenvalue weighted by atomic mass is 9.82. The van der Waals surface area contributed by atoms with E-state index >= 15 is 0 Å². The summed E-state index contributed by atoms with van der Waals surface area (Å²) in [6.45, 7) is 1.09. The van der Waals surface area contributed by atoms with Crippen molar-refractivity contribution in [2.24, 2.45) is 0 Å². The Labute approximate surface area is 293 Å². The number of carbonyl (C=O) groups is 3. The van der Waals surface area contributed by atoms with E-state index in [-0.39, 0.29) is 49.8 Å². The van der Waals surface area contributed by atoms with Crippen LogP contribution in [0, 0.1) is 17.5 Å². The van der Waals surface area contributed by atoms with Gasteiger partial charge in [-0.3, -0.25) is 14.4 Å². The van der Waals surface area contributed by atoms with Crippen molar-refractivity contribution in [1.82, 2.24) is 15.1 Å². The molecule has 0 radical (unpaired) electrons. The van der Waals surface area contributed by atoms with Crippen molar-refractivity contribution in [3.63, 3.8) is 0 Å². The number of nitrogens with one attached hydrogen (secondary N) is 1.